The number of hydrogen-bond acceptors (Lipinski definition) is 2. The fraction of sp³-hybridized carbons (Fsp3) is 0.571. The summed E-state index contributed by atoms with van der Waals surface area (Å²) in [5.41, 5.74) is 3.74. The third-order valence-electron chi connectivity index (χ3n) is 3.12. The molecule has 0 amide bonds. The summed E-state index contributed by atoms with van der Waals surface area (Å²) in [5.74, 6) is 0.268. The Morgan fingerprint density at radius 1 is 1.12 bits per heavy atom. The molecule has 0 aliphatic heterocycles. The van der Waals surface area contributed by atoms with Gasteiger partial charge in [0.25, 0.3) is 0 Å². The van der Waals surface area contributed by atoms with E-state index < -0.39 is 12.2 Å². The molecule has 0 radical (unpaired) electrons. The molecule has 1 aromatic carbocycles. The minimum absolute atomic E-state index is 0.268. The summed E-state index contributed by atoms with van der Waals surface area (Å²) in [6.07, 6.45) is -0.704. The predicted octanol–water partition coefficient (Wildman–Crippen LogP) is 2.54. The van der Waals surface area contributed by atoms with Gasteiger partial charge in [0.1, 0.15) is 0 Å². The molecule has 0 aliphatic rings. The number of hydrogen-bond donors (Lipinski definition) is 2. The largest absolute Gasteiger partial charge is 0.391 e. The van der Waals surface area contributed by atoms with Gasteiger partial charge in [-0.05, 0) is 44.2 Å². The van der Waals surface area contributed by atoms with Gasteiger partial charge in [-0.15, -0.1) is 0 Å². The van der Waals surface area contributed by atoms with Gasteiger partial charge >= 0.3 is 0 Å². The van der Waals surface area contributed by atoms with Crippen LogP contribution in [-0.2, 0) is 0 Å². The van der Waals surface area contributed by atoms with Crippen LogP contribution in [0.4, 0.5) is 0 Å². The minimum atomic E-state index is -0.660. The lowest BCUT2D eigenvalue weighted by molar-refractivity contribution is 0.0227. The van der Waals surface area contributed by atoms with E-state index in [4.69, 9.17) is 0 Å². The van der Waals surface area contributed by atoms with E-state index in [9.17, 15) is 10.2 Å². The molecule has 0 spiro atoms. The van der Waals surface area contributed by atoms with Gasteiger partial charge in [-0.3, -0.25) is 0 Å². The molecule has 3 unspecified atom stereocenters. The van der Waals surface area contributed by atoms with E-state index in [-0.39, 0.29) is 5.92 Å². The number of aliphatic hydroxyl groups is 2. The maximum Gasteiger partial charge on any atom is 0.0802 e. The first-order valence-electron chi connectivity index (χ1n) is 5.85. The Morgan fingerprint density at radius 3 is 2.31 bits per heavy atom. The van der Waals surface area contributed by atoms with E-state index in [0.717, 1.165) is 0 Å². The van der Waals surface area contributed by atoms with E-state index in [0.29, 0.717) is 6.42 Å². The maximum atomic E-state index is 9.67. The van der Waals surface area contributed by atoms with Gasteiger partial charge in [-0.2, -0.15) is 0 Å². The second-order valence-electron chi connectivity index (χ2n) is 4.80. The van der Waals surface area contributed by atoms with Gasteiger partial charge < -0.3 is 10.2 Å². The quantitative estimate of drug-likeness (QED) is 0.822. The van der Waals surface area contributed by atoms with Crippen LogP contribution in [0.15, 0.2) is 18.2 Å². The zero-order chi connectivity index (χ0) is 12.3. The number of aliphatic hydroxyl groups excluding tert-OH is 2. The summed E-state index contributed by atoms with van der Waals surface area (Å²) in [6, 6.07) is 6.36. The van der Waals surface area contributed by atoms with Crippen molar-refractivity contribution in [2.75, 3.05) is 0 Å². The van der Waals surface area contributed by atoms with Gasteiger partial charge in [0.05, 0.1) is 12.2 Å². The highest BCUT2D eigenvalue weighted by Gasteiger charge is 2.17. The van der Waals surface area contributed by atoms with Crippen LogP contribution in [0.2, 0.25) is 0 Å². The van der Waals surface area contributed by atoms with Crippen LogP contribution in [-0.4, -0.2) is 22.4 Å². The lowest BCUT2D eigenvalue weighted by Crippen LogP contribution is -2.24. The highest BCUT2D eigenvalue weighted by molar-refractivity contribution is 5.33. The van der Waals surface area contributed by atoms with Crippen LogP contribution in [0.5, 0.6) is 0 Å². The predicted molar refractivity (Wildman–Crippen MR) is 66.6 cm³/mol. The molecule has 0 aromatic heterocycles. The van der Waals surface area contributed by atoms with Gasteiger partial charge in [0, 0.05) is 0 Å². The Labute approximate surface area is 97.9 Å². The number of benzene rings is 1. The molecule has 0 saturated heterocycles. The van der Waals surface area contributed by atoms with E-state index in [2.05, 4.69) is 39.0 Å². The molecule has 2 N–H and O–H groups in total. The van der Waals surface area contributed by atoms with Crippen molar-refractivity contribution in [3.63, 3.8) is 0 Å². The van der Waals surface area contributed by atoms with Crippen LogP contribution in [0.1, 0.15) is 42.9 Å². The summed E-state index contributed by atoms with van der Waals surface area (Å²) in [4.78, 5) is 0. The normalized spacial score (nSPS) is 16.9. The van der Waals surface area contributed by atoms with Gasteiger partial charge in [0.2, 0.25) is 0 Å². The van der Waals surface area contributed by atoms with Crippen molar-refractivity contribution in [3.8, 4) is 0 Å². The van der Waals surface area contributed by atoms with Crippen molar-refractivity contribution in [1.29, 1.82) is 0 Å². The molecule has 1 rings (SSSR count). The molecule has 1 aromatic rings. The maximum absolute atomic E-state index is 9.67. The van der Waals surface area contributed by atoms with Gasteiger partial charge in [0.15, 0.2) is 0 Å². The Hall–Kier alpha value is -0.860. The Kier molecular flexibility index (Phi) is 4.51. The minimum Gasteiger partial charge on any atom is -0.391 e. The van der Waals surface area contributed by atoms with Crippen molar-refractivity contribution in [3.05, 3.63) is 34.9 Å². The lowest BCUT2D eigenvalue weighted by atomic mass is 9.89. The molecule has 3 atom stereocenters. The molecule has 0 saturated carbocycles. The molecule has 0 heterocycles. The fourth-order valence-electron chi connectivity index (χ4n) is 1.98. The van der Waals surface area contributed by atoms with Crippen LogP contribution < -0.4 is 0 Å². The summed E-state index contributed by atoms with van der Waals surface area (Å²) >= 11 is 0. The molecule has 0 bridgehead atoms. The lowest BCUT2D eigenvalue weighted by Gasteiger charge is -2.20. The second kappa shape index (κ2) is 5.46. The first-order valence-corrected chi connectivity index (χ1v) is 5.85. The first kappa shape index (κ1) is 13.2. The average Bonchev–Trinajstić information content (AvgIpc) is 2.21. The summed E-state index contributed by atoms with van der Waals surface area (Å²) in [6.45, 7) is 7.87. The van der Waals surface area contributed by atoms with Crippen molar-refractivity contribution >= 4 is 0 Å². The second-order valence-corrected chi connectivity index (χ2v) is 4.80. The van der Waals surface area contributed by atoms with Crippen molar-refractivity contribution in [1.82, 2.24) is 0 Å². The number of aryl methyl sites for hydroxylation is 2. The topological polar surface area (TPSA) is 40.5 Å². The van der Waals surface area contributed by atoms with Crippen LogP contribution >= 0.6 is 0 Å². The van der Waals surface area contributed by atoms with Crippen LogP contribution in [0, 0.1) is 13.8 Å². The zero-order valence-corrected chi connectivity index (χ0v) is 10.6. The van der Waals surface area contributed by atoms with E-state index in [1.807, 2.05) is 0 Å². The zero-order valence-electron chi connectivity index (χ0n) is 10.6. The van der Waals surface area contributed by atoms with E-state index in [1.165, 1.54) is 16.7 Å². The van der Waals surface area contributed by atoms with E-state index >= 15 is 0 Å². The fourth-order valence-corrected chi connectivity index (χ4v) is 1.98. The number of rotatable bonds is 4. The van der Waals surface area contributed by atoms with Gasteiger partial charge in [-0.25, -0.2) is 0 Å². The Morgan fingerprint density at radius 2 is 1.75 bits per heavy atom. The first-order chi connectivity index (χ1) is 7.41. The van der Waals surface area contributed by atoms with Gasteiger partial charge in [-0.1, -0.05) is 30.7 Å². The Balaban J connectivity index is 2.80. The van der Waals surface area contributed by atoms with E-state index in [1.54, 1.807) is 6.92 Å². The molecule has 2 heteroatoms. The molecular weight excluding hydrogens is 200 g/mol. The van der Waals surface area contributed by atoms with Crippen molar-refractivity contribution in [2.24, 2.45) is 0 Å². The molecule has 90 valence electrons. The third-order valence-corrected chi connectivity index (χ3v) is 3.12. The molecule has 0 aliphatic carbocycles. The molecular formula is C14H22O2. The highest BCUT2D eigenvalue weighted by Crippen LogP contribution is 2.25. The van der Waals surface area contributed by atoms with Crippen LogP contribution in [0.25, 0.3) is 0 Å². The van der Waals surface area contributed by atoms with Crippen molar-refractivity contribution < 1.29 is 10.2 Å². The smallest absolute Gasteiger partial charge is 0.0802 e. The molecule has 2 nitrogen and oxygen atoms in total. The highest BCUT2D eigenvalue weighted by atomic mass is 16.3. The third kappa shape index (κ3) is 3.32. The standard InChI is InChI=1S/C14H22O2/c1-9-5-6-10(2)13(7-9)11(3)8-14(16)12(4)15/h5-7,11-12,14-16H,8H2,1-4H3. The molecule has 16 heavy (non-hydrogen) atoms. The summed E-state index contributed by atoms with van der Waals surface area (Å²) in [5, 5.41) is 19.0. The Bertz CT molecular complexity index is 345. The SMILES string of the molecule is Cc1ccc(C)c(C(C)CC(O)C(C)O)c1. The molecule has 0 fully saturated rings. The van der Waals surface area contributed by atoms with Crippen molar-refractivity contribution in [2.45, 2.75) is 52.2 Å². The summed E-state index contributed by atoms with van der Waals surface area (Å²) in [7, 11) is 0. The average molecular weight is 222 g/mol. The summed E-state index contributed by atoms with van der Waals surface area (Å²) < 4.78 is 0. The van der Waals surface area contributed by atoms with Crippen LogP contribution in [0.3, 0.4) is 0 Å². The monoisotopic (exact) mass is 222 g/mol.